The molecule has 0 bridgehead atoms. The predicted octanol–water partition coefficient (Wildman–Crippen LogP) is 3.53. The lowest BCUT2D eigenvalue weighted by atomic mass is 9.96. The number of H-pyrrole nitrogens is 1. The highest BCUT2D eigenvalue weighted by Gasteiger charge is 2.19. The normalized spacial score (nSPS) is 12.1. The molecule has 3 aromatic rings. The SMILES string of the molecule is CC(C)(C)c1nc2ccc(NS(=O)(=O)c3cccc(C#N)c3)cc2[nH]1. The van der Waals surface area contributed by atoms with Gasteiger partial charge in [-0.2, -0.15) is 5.26 Å². The first-order chi connectivity index (χ1) is 11.7. The maximum Gasteiger partial charge on any atom is 0.261 e. The van der Waals surface area contributed by atoms with E-state index >= 15 is 0 Å². The first kappa shape index (κ1) is 17.0. The van der Waals surface area contributed by atoms with E-state index in [1.54, 1.807) is 30.3 Å². The van der Waals surface area contributed by atoms with Gasteiger partial charge in [0.25, 0.3) is 10.0 Å². The maximum absolute atomic E-state index is 12.5. The van der Waals surface area contributed by atoms with Crippen LogP contribution in [-0.2, 0) is 15.4 Å². The van der Waals surface area contributed by atoms with Gasteiger partial charge in [-0.05, 0) is 36.4 Å². The first-order valence-corrected chi connectivity index (χ1v) is 9.20. The standard InChI is InChI=1S/C18H18N4O2S/c1-18(2,3)17-20-15-8-7-13(10-16(15)21-17)22-25(23,24)14-6-4-5-12(9-14)11-19/h4-10,22H,1-3H3,(H,20,21). The predicted molar refractivity (Wildman–Crippen MR) is 96.8 cm³/mol. The summed E-state index contributed by atoms with van der Waals surface area (Å²) in [6.45, 7) is 6.16. The highest BCUT2D eigenvalue weighted by molar-refractivity contribution is 7.92. The minimum Gasteiger partial charge on any atom is -0.341 e. The third-order valence-corrected chi connectivity index (χ3v) is 5.10. The zero-order chi connectivity index (χ0) is 18.2. The van der Waals surface area contributed by atoms with Crippen molar-refractivity contribution < 1.29 is 8.42 Å². The molecule has 6 nitrogen and oxygen atoms in total. The van der Waals surface area contributed by atoms with E-state index in [9.17, 15) is 8.42 Å². The molecular formula is C18H18N4O2S. The van der Waals surface area contributed by atoms with Crippen LogP contribution < -0.4 is 4.72 Å². The molecule has 0 radical (unpaired) electrons. The Labute approximate surface area is 146 Å². The number of benzene rings is 2. The maximum atomic E-state index is 12.5. The summed E-state index contributed by atoms with van der Waals surface area (Å²) in [5.41, 5.74) is 2.13. The fourth-order valence-corrected chi connectivity index (χ4v) is 3.47. The smallest absolute Gasteiger partial charge is 0.261 e. The molecule has 1 heterocycles. The molecule has 0 aliphatic rings. The highest BCUT2D eigenvalue weighted by atomic mass is 32.2. The van der Waals surface area contributed by atoms with Gasteiger partial charge in [-0.15, -0.1) is 0 Å². The van der Waals surface area contributed by atoms with E-state index in [0.29, 0.717) is 11.3 Å². The molecule has 0 aliphatic carbocycles. The molecule has 0 saturated carbocycles. The van der Waals surface area contributed by atoms with E-state index in [-0.39, 0.29) is 10.3 Å². The van der Waals surface area contributed by atoms with E-state index in [0.717, 1.165) is 16.9 Å². The van der Waals surface area contributed by atoms with E-state index in [4.69, 9.17) is 5.26 Å². The lowest BCUT2D eigenvalue weighted by Crippen LogP contribution is -2.13. The number of sulfonamides is 1. The Morgan fingerprint density at radius 1 is 1.16 bits per heavy atom. The number of hydrogen-bond acceptors (Lipinski definition) is 4. The van der Waals surface area contributed by atoms with Crippen molar-refractivity contribution in [3.63, 3.8) is 0 Å². The number of hydrogen-bond donors (Lipinski definition) is 2. The Hall–Kier alpha value is -2.85. The fourth-order valence-electron chi connectivity index (χ4n) is 2.38. The summed E-state index contributed by atoms with van der Waals surface area (Å²) in [5.74, 6) is 0.837. The number of nitrogens with one attached hydrogen (secondary N) is 2. The second kappa shape index (κ2) is 5.90. The summed E-state index contributed by atoms with van der Waals surface area (Å²) in [4.78, 5) is 7.81. The quantitative estimate of drug-likeness (QED) is 0.751. The lowest BCUT2D eigenvalue weighted by Gasteiger charge is -2.13. The van der Waals surface area contributed by atoms with E-state index < -0.39 is 10.0 Å². The summed E-state index contributed by atoms with van der Waals surface area (Å²) in [6.07, 6.45) is 0. The van der Waals surface area contributed by atoms with E-state index in [1.165, 1.54) is 12.1 Å². The molecule has 2 N–H and O–H groups in total. The number of nitrogens with zero attached hydrogens (tertiary/aromatic N) is 2. The van der Waals surface area contributed by atoms with Crippen LogP contribution in [0.3, 0.4) is 0 Å². The number of fused-ring (bicyclic) bond motifs is 1. The van der Waals surface area contributed by atoms with Crippen LogP contribution in [0.2, 0.25) is 0 Å². The summed E-state index contributed by atoms with van der Waals surface area (Å²) in [7, 11) is -3.77. The van der Waals surface area contributed by atoms with Gasteiger partial charge in [0.05, 0.1) is 33.2 Å². The summed E-state index contributed by atoms with van der Waals surface area (Å²) < 4.78 is 27.6. The number of imidazole rings is 1. The van der Waals surface area contributed by atoms with Gasteiger partial charge in [-0.25, -0.2) is 13.4 Å². The average molecular weight is 354 g/mol. The van der Waals surface area contributed by atoms with Gasteiger partial charge < -0.3 is 4.98 Å². The minimum absolute atomic E-state index is 0.0478. The molecule has 1 aromatic heterocycles. The summed E-state index contributed by atoms with van der Waals surface area (Å²) in [5, 5.41) is 8.93. The number of rotatable bonds is 3. The van der Waals surface area contributed by atoms with Gasteiger partial charge in [-0.3, -0.25) is 4.72 Å². The molecule has 0 amide bonds. The van der Waals surface area contributed by atoms with E-state index in [2.05, 4.69) is 35.5 Å². The van der Waals surface area contributed by atoms with Gasteiger partial charge in [0.1, 0.15) is 5.82 Å². The Morgan fingerprint density at radius 3 is 2.60 bits per heavy atom. The van der Waals surface area contributed by atoms with Crippen LogP contribution in [0.1, 0.15) is 32.2 Å². The molecule has 0 aliphatic heterocycles. The Bertz CT molecular complexity index is 1090. The zero-order valence-corrected chi connectivity index (χ0v) is 15.0. The summed E-state index contributed by atoms with van der Waals surface area (Å²) >= 11 is 0. The van der Waals surface area contributed by atoms with Crippen molar-refractivity contribution in [2.75, 3.05) is 4.72 Å². The van der Waals surface area contributed by atoms with Crippen molar-refractivity contribution >= 4 is 26.7 Å². The van der Waals surface area contributed by atoms with Crippen LogP contribution in [0, 0.1) is 11.3 Å². The number of aromatic nitrogens is 2. The molecule has 0 fully saturated rings. The average Bonchev–Trinajstić information content (AvgIpc) is 2.98. The molecule has 25 heavy (non-hydrogen) atoms. The second-order valence-electron chi connectivity index (χ2n) is 6.81. The van der Waals surface area contributed by atoms with Crippen LogP contribution in [0.5, 0.6) is 0 Å². The number of anilines is 1. The van der Waals surface area contributed by atoms with Crippen molar-refractivity contribution in [2.45, 2.75) is 31.1 Å². The first-order valence-electron chi connectivity index (χ1n) is 7.72. The van der Waals surface area contributed by atoms with Crippen molar-refractivity contribution in [2.24, 2.45) is 0 Å². The molecule has 0 atom stereocenters. The highest BCUT2D eigenvalue weighted by Crippen LogP contribution is 2.25. The fraction of sp³-hybridized carbons (Fsp3) is 0.222. The Balaban J connectivity index is 1.95. The molecule has 7 heteroatoms. The van der Waals surface area contributed by atoms with Crippen LogP contribution >= 0.6 is 0 Å². The molecular weight excluding hydrogens is 336 g/mol. The van der Waals surface area contributed by atoms with Crippen molar-refractivity contribution in [1.82, 2.24) is 9.97 Å². The van der Waals surface area contributed by atoms with Crippen molar-refractivity contribution in [3.8, 4) is 6.07 Å². The monoisotopic (exact) mass is 354 g/mol. The lowest BCUT2D eigenvalue weighted by molar-refractivity contribution is 0.554. The number of nitriles is 1. The van der Waals surface area contributed by atoms with Gasteiger partial charge in [-0.1, -0.05) is 26.8 Å². The third-order valence-electron chi connectivity index (χ3n) is 3.72. The van der Waals surface area contributed by atoms with Crippen LogP contribution in [-0.4, -0.2) is 18.4 Å². The Kier molecular flexibility index (Phi) is 4.01. The Morgan fingerprint density at radius 2 is 1.92 bits per heavy atom. The topological polar surface area (TPSA) is 98.6 Å². The summed E-state index contributed by atoms with van der Waals surface area (Å²) in [6, 6.07) is 13.0. The third kappa shape index (κ3) is 3.49. The van der Waals surface area contributed by atoms with E-state index in [1.807, 2.05) is 6.07 Å². The van der Waals surface area contributed by atoms with Crippen molar-refractivity contribution in [1.29, 1.82) is 5.26 Å². The molecule has 0 saturated heterocycles. The van der Waals surface area contributed by atoms with Gasteiger partial charge in [0, 0.05) is 5.41 Å². The van der Waals surface area contributed by atoms with Crippen LogP contribution in [0.4, 0.5) is 5.69 Å². The molecule has 0 unspecified atom stereocenters. The largest absolute Gasteiger partial charge is 0.341 e. The van der Waals surface area contributed by atoms with Gasteiger partial charge in [0.15, 0.2) is 0 Å². The minimum atomic E-state index is -3.77. The van der Waals surface area contributed by atoms with Gasteiger partial charge in [0.2, 0.25) is 0 Å². The van der Waals surface area contributed by atoms with Crippen LogP contribution in [0.25, 0.3) is 11.0 Å². The van der Waals surface area contributed by atoms with Crippen LogP contribution in [0.15, 0.2) is 47.4 Å². The molecule has 128 valence electrons. The molecule has 3 rings (SSSR count). The van der Waals surface area contributed by atoms with Crippen molar-refractivity contribution in [3.05, 3.63) is 53.9 Å². The van der Waals surface area contributed by atoms with Gasteiger partial charge >= 0.3 is 0 Å². The molecule has 2 aromatic carbocycles. The molecule has 0 spiro atoms. The number of aromatic amines is 1. The zero-order valence-electron chi connectivity index (χ0n) is 14.2. The second-order valence-corrected chi connectivity index (χ2v) is 8.49.